The molecule has 0 amide bonds. The maximum atomic E-state index is 5.80. The number of ether oxygens (including phenoxy) is 2. The molecule has 88 valence electrons. The lowest BCUT2D eigenvalue weighted by Crippen LogP contribution is -2.11. The molecule has 0 saturated heterocycles. The van der Waals surface area contributed by atoms with Crippen LogP contribution in [0.2, 0.25) is 0 Å². The third-order valence-electron chi connectivity index (χ3n) is 3.26. The first-order chi connectivity index (χ1) is 7.70. The van der Waals surface area contributed by atoms with E-state index in [1.54, 1.807) is 0 Å². The summed E-state index contributed by atoms with van der Waals surface area (Å²) >= 11 is 0. The van der Waals surface area contributed by atoms with Crippen LogP contribution in [0.4, 0.5) is 0 Å². The summed E-state index contributed by atoms with van der Waals surface area (Å²) in [6, 6.07) is 6.31. The van der Waals surface area contributed by atoms with Crippen molar-refractivity contribution in [3.8, 4) is 11.5 Å². The molecule has 1 aromatic rings. The number of hydrogen-bond acceptors (Lipinski definition) is 2. The number of benzene rings is 1. The van der Waals surface area contributed by atoms with E-state index in [-0.39, 0.29) is 6.10 Å². The second-order valence-corrected chi connectivity index (χ2v) is 4.58. The van der Waals surface area contributed by atoms with Crippen LogP contribution in [0.25, 0.3) is 0 Å². The van der Waals surface area contributed by atoms with Gasteiger partial charge in [-0.2, -0.15) is 0 Å². The monoisotopic (exact) mass is 220 g/mol. The van der Waals surface area contributed by atoms with E-state index in [0.717, 1.165) is 30.9 Å². The van der Waals surface area contributed by atoms with Crippen LogP contribution in [0.3, 0.4) is 0 Å². The van der Waals surface area contributed by atoms with Gasteiger partial charge in [0, 0.05) is 6.42 Å². The lowest BCUT2D eigenvalue weighted by Gasteiger charge is -2.14. The third-order valence-corrected chi connectivity index (χ3v) is 3.26. The summed E-state index contributed by atoms with van der Waals surface area (Å²) in [5, 5.41) is 0. The van der Waals surface area contributed by atoms with Crippen molar-refractivity contribution >= 4 is 0 Å². The predicted molar refractivity (Wildman–Crippen MR) is 65.4 cm³/mol. The van der Waals surface area contributed by atoms with Crippen LogP contribution in [-0.2, 0) is 0 Å². The minimum atomic E-state index is 0.246. The Bertz CT molecular complexity index is 360. The van der Waals surface area contributed by atoms with Gasteiger partial charge in [0.25, 0.3) is 0 Å². The Hall–Kier alpha value is -1.18. The maximum absolute atomic E-state index is 5.80. The van der Waals surface area contributed by atoms with Gasteiger partial charge in [0.2, 0.25) is 0 Å². The molecule has 0 bridgehead atoms. The molecule has 1 aliphatic heterocycles. The van der Waals surface area contributed by atoms with Crippen molar-refractivity contribution in [2.24, 2.45) is 0 Å². The maximum Gasteiger partial charge on any atom is 0.161 e. The molecule has 1 heterocycles. The van der Waals surface area contributed by atoms with Gasteiger partial charge in [-0.1, -0.05) is 19.9 Å². The van der Waals surface area contributed by atoms with Gasteiger partial charge in [0.1, 0.15) is 0 Å². The van der Waals surface area contributed by atoms with Crippen LogP contribution < -0.4 is 9.47 Å². The molecule has 1 aliphatic rings. The standard InChI is InChI=1S/C14H20O2/c1-4-10(2)12-5-6-13-14(9-12)15-8-7-11(3)16-13/h5-6,9-11H,4,7-8H2,1-3H3/t10?,11-/m1/s1. The quantitative estimate of drug-likeness (QED) is 0.755. The molecule has 0 fully saturated rings. The molecule has 1 aromatic carbocycles. The van der Waals surface area contributed by atoms with E-state index in [1.807, 2.05) is 6.07 Å². The molecule has 2 heteroatoms. The molecule has 0 aliphatic carbocycles. The summed E-state index contributed by atoms with van der Waals surface area (Å²) in [4.78, 5) is 0. The molecule has 1 unspecified atom stereocenters. The fraction of sp³-hybridized carbons (Fsp3) is 0.571. The topological polar surface area (TPSA) is 18.5 Å². The highest BCUT2D eigenvalue weighted by molar-refractivity contribution is 5.44. The molecular weight excluding hydrogens is 200 g/mol. The molecule has 0 spiro atoms. The van der Waals surface area contributed by atoms with Crippen molar-refractivity contribution in [2.75, 3.05) is 6.61 Å². The van der Waals surface area contributed by atoms with E-state index in [9.17, 15) is 0 Å². The molecule has 2 rings (SSSR count). The van der Waals surface area contributed by atoms with Gasteiger partial charge >= 0.3 is 0 Å². The molecule has 16 heavy (non-hydrogen) atoms. The minimum Gasteiger partial charge on any atom is -0.490 e. The SMILES string of the molecule is CCC(C)c1ccc2c(c1)OCC[C@@H](C)O2. The highest BCUT2D eigenvalue weighted by Gasteiger charge is 2.16. The van der Waals surface area contributed by atoms with Crippen LogP contribution in [0.15, 0.2) is 18.2 Å². The summed E-state index contributed by atoms with van der Waals surface area (Å²) in [6.07, 6.45) is 2.35. The van der Waals surface area contributed by atoms with Crippen molar-refractivity contribution < 1.29 is 9.47 Å². The Kier molecular flexibility index (Phi) is 3.37. The Morgan fingerprint density at radius 3 is 2.94 bits per heavy atom. The van der Waals surface area contributed by atoms with Gasteiger partial charge in [0.15, 0.2) is 11.5 Å². The largest absolute Gasteiger partial charge is 0.490 e. The van der Waals surface area contributed by atoms with Gasteiger partial charge in [-0.3, -0.25) is 0 Å². The normalized spacial score (nSPS) is 21.3. The van der Waals surface area contributed by atoms with Gasteiger partial charge < -0.3 is 9.47 Å². The van der Waals surface area contributed by atoms with Gasteiger partial charge in [0.05, 0.1) is 12.7 Å². The summed E-state index contributed by atoms with van der Waals surface area (Å²) in [5.74, 6) is 2.37. The van der Waals surface area contributed by atoms with Crippen molar-refractivity contribution in [3.05, 3.63) is 23.8 Å². The average molecular weight is 220 g/mol. The minimum absolute atomic E-state index is 0.246. The number of rotatable bonds is 2. The van der Waals surface area contributed by atoms with E-state index in [4.69, 9.17) is 9.47 Å². The summed E-state index contributed by atoms with van der Waals surface area (Å²) in [7, 11) is 0. The Morgan fingerprint density at radius 2 is 2.19 bits per heavy atom. The first-order valence-corrected chi connectivity index (χ1v) is 6.14. The highest BCUT2D eigenvalue weighted by Crippen LogP contribution is 2.34. The lowest BCUT2D eigenvalue weighted by atomic mass is 9.98. The average Bonchev–Trinajstić information content (AvgIpc) is 2.47. The Morgan fingerprint density at radius 1 is 1.38 bits per heavy atom. The predicted octanol–water partition coefficient (Wildman–Crippen LogP) is 3.75. The Labute approximate surface area is 97.6 Å². The highest BCUT2D eigenvalue weighted by atomic mass is 16.5. The van der Waals surface area contributed by atoms with Crippen LogP contribution in [-0.4, -0.2) is 12.7 Å². The zero-order valence-corrected chi connectivity index (χ0v) is 10.3. The zero-order chi connectivity index (χ0) is 11.5. The lowest BCUT2D eigenvalue weighted by molar-refractivity contribution is 0.210. The van der Waals surface area contributed by atoms with E-state index in [1.165, 1.54) is 5.56 Å². The molecule has 0 radical (unpaired) electrons. The number of fused-ring (bicyclic) bond motifs is 1. The number of hydrogen-bond donors (Lipinski definition) is 0. The van der Waals surface area contributed by atoms with Crippen LogP contribution in [0.1, 0.15) is 45.1 Å². The second kappa shape index (κ2) is 4.77. The molecule has 0 saturated carbocycles. The molecular formula is C14H20O2. The van der Waals surface area contributed by atoms with Crippen LogP contribution in [0, 0.1) is 0 Å². The first-order valence-electron chi connectivity index (χ1n) is 6.14. The van der Waals surface area contributed by atoms with E-state index < -0.39 is 0 Å². The fourth-order valence-corrected chi connectivity index (χ4v) is 1.89. The first kappa shape index (κ1) is 11.3. The second-order valence-electron chi connectivity index (χ2n) is 4.58. The van der Waals surface area contributed by atoms with E-state index >= 15 is 0 Å². The third kappa shape index (κ3) is 2.31. The van der Waals surface area contributed by atoms with Gasteiger partial charge in [-0.25, -0.2) is 0 Å². The molecule has 0 aromatic heterocycles. The van der Waals surface area contributed by atoms with Gasteiger partial charge in [-0.15, -0.1) is 0 Å². The smallest absolute Gasteiger partial charge is 0.161 e. The zero-order valence-electron chi connectivity index (χ0n) is 10.3. The van der Waals surface area contributed by atoms with E-state index in [2.05, 4.69) is 32.9 Å². The van der Waals surface area contributed by atoms with Crippen molar-refractivity contribution in [2.45, 2.75) is 45.6 Å². The fourth-order valence-electron chi connectivity index (χ4n) is 1.89. The summed E-state index contributed by atoms with van der Waals surface area (Å²) in [5.41, 5.74) is 1.33. The molecule has 0 N–H and O–H groups in total. The summed E-state index contributed by atoms with van der Waals surface area (Å²) in [6.45, 7) is 7.27. The summed E-state index contributed by atoms with van der Waals surface area (Å²) < 4.78 is 11.5. The van der Waals surface area contributed by atoms with Crippen molar-refractivity contribution in [1.82, 2.24) is 0 Å². The molecule has 2 nitrogen and oxygen atoms in total. The van der Waals surface area contributed by atoms with Crippen LogP contribution >= 0.6 is 0 Å². The van der Waals surface area contributed by atoms with Crippen LogP contribution in [0.5, 0.6) is 11.5 Å². The van der Waals surface area contributed by atoms with Gasteiger partial charge in [-0.05, 0) is 37.0 Å². The van der Waals surface area contributed by atoms with Crippen molar-refractivity contribution in [3.63, 3.8) is 0 Å². The Balaban J connectivity index is 2.27. The van der Waals surface area contributed by atoms with Crippen molar-refractivity contribution in [1.29, 1.82) is 0 Å². The van der Waals surface area contributed by atoms with E-state index in [0.29, 0.717) is 5.92 Å². The molecule has 2 atom stereocenters.